The molecule has 1 aromatic carbocycles. The third-order valence-corrected chi connectivity index (χ3v) is 2.82. The van der Waals surface area contributed by atoms with E-state index in [1.54, 1.807) is 10.9 Å². The molecule has 0 saturated heterocycles. The quantitative estimate of drug-likeness (QED) is 0.764. The molecule has 0 bridgehead atoms. The lowest BCUT2D eigenvalue weighted by atomic mass is 10.2. The third kappa shape index (κ3) is 4.57. The van der Waals surface area contributed by atoms with Gasteiger partial charge in [0.2, 0.25) is 5.91 Å². The first-order chi connectivity index (χ1) is 10.2. The lowest BCUT2D eigenvalue weighted by Crippen LogP contribution is -2.29. The van der Waals surface area contributed by atoms with Crippen molar-refractivity contribution >= 4 is 5.91 Å². The maximum Gasteiger partial charge on any atom is 0.234 e. The van der Waals surface area contributed by atoms with E-state index < -0.39 is 0 Å². The number of nitrogens with one attached hydrogen (secondary N) is 1. The van der Waals surface area contributed by atoms with Crippen molar-refractivity contribution in [2.75, 3.05) is 13.2 Å². The second-order valence-corrected chi connectivity index (χ2v) is 4.47. The average molecular weight is 289 g/mol. The molecule has 0 saturated carbocycles. The number of benzene rings is 1. The molecule has 7 nitrogen and oxygen atoms in total. The number of hydrogen-bond donors (Lipinski definition) is 2. The van der Waals surface area contributed by atoms with Crippen LogP contribution in [0.1, 0.15) is 18.2 Å². The van der Waals surface area contributed by atoms with Gasteiger partial charge in [-0.25, -0.2) is 4.68 Å². The molecule has 21 heavy (non-hydrogen) atoms. The molecule has 2 aromatic rings. The van der Waals surface area contributed by atoms with E-state index in [-0.39, 0.29) is 12.5 Å². The van der Waals surface area contributed by atoms with Crippen LogP contribution in [0.5, 0.6) is 5.75 Å². The number of ether oxygens (including phenoxy) is 1. The molecular weight excluding hydrogens is 270 g/mol. The van der Waals surface area contributed by atoms with E-state index in [2.05, 4.69) is 15.6 Å². The van der Waals surface area contributed by atoms with Crippen molar-refractivity contribution in [1.82, 2.24) is 20.3 Å². The number of hydrogen-bond acceptors (Lipinski definition) is 5. The summed E-state index contributed by atoms with van der Waals surface area (Å²) in [6.45, 7) is 3.53. The Bertz CT molecular complexity index is 579. The van der Waals surface area contributed by atoms with Crippen LogP contribution in [0.15, 0.2) is 30.5 Å². The van der Waals surface area contributed by atoms with Crippen LogP contribution < -0.4 is 15.8 Å². The molecule has 0 unspecified atom stereocenters. The van der Waals surface area contributed by atoms with Crippen LogP contribution in [0.25, 0.3) is 0 Å². The Balaban J connectivity index is 1.91. The molecule has 0 aliphatic rings. The summed E-state index contributed by atoms with van der Waals surface area (Å²) in [5.41, 5.74) is 7.01. The van der Waals surface area contributed by atoms with Crippen LogP contribution in [0.3, 0.4) is 0 Å². The summed E-state index contributed by atoms with van der Waals surface area (Å²) < 4.78 is 7.12. The highest BCUT2D eigenvalue weighted by molar-refractivity contribution is 5.77. The average Bonchev–Trinajstić information content (AvgIpc) is 2.94. The molecule has 1 amide bonds. The molecule has 0 aliphatic carbocycles. The van der Waals surface area contributed by atoms with Crippen LogP contribution in [0.4, 0.5) is 0 Å². The normalized spacial score (nSPS) is 10.4. The fourth-order valence-corrected chi connectivity index (χ4v) is 1.80. The van der Waals surface area contributed by atoms with Crippen molar-refractivity contribution in [2.45, 2.75) is 20.0 Å². The van der Waals surface area contributed by atoms with Gasteiger partial charge in [-0.05, 0) is 24.6 Å². The number of carbonyl (C=O) groups is 1. The standard InChI is InChI=1S/C14H19N5O2/c1-2-21-13-5-3-11(4-6-13)9-19-10-12(17-18-19)8-16-14(20)7-15/h3-6,10H,2,7-9,15H2,1H3,(H,16,20). The largest absolute Gasteiger partial charge is 0.494 e. The van der Waals surface area contributed by atoms with Crippen LogP contribution in [-0.2, 0) is 17.9 Å². The van der Waals surface area contributed by atoms with Crippen molar-refractivity contribution in [3.8, 4) is 5.75 Å². The highest BCUT2D eigenvalue weighted by atomic mass is 16.5. The van der Waals surface area contributed by atoms with Crippen LogP contribution >= 0.6 is 0 Å². The van der Waals surface area contributed by atoms with Gasteiger partial charge in [0.1, 0.15) is 11.4 Å². The van der Waals surface area contributed by atoms with Crippen LogP contribution in [-0.4, -0.2) is 34.1 Å². The summed E-state index contributed by atoms with van der Waals surface area (Å²) in [6, 6.07) is 7.83. The third-order valence-electron chi connectivity index (χ3n) is 2.82. The van der Waals surface area contributed by atoms with Crippen molar-refractivity contribution in [3.63, 3.8) is 0 Å². The molecule has 112 valence electrons. The maximum absolute atomic E-state index is 11.1. The van der Waals surface area contributed by atoms with Crippen LogP contribution in [0, 0.1) is 0 Å². The Morgan fingerprint density at radius 1 is 1.38 bits per heavy atom. The van der Waals surface area contributed by atoms with Gasteiger partial charge in [0.25, 0.3) is 0 Å². The Kier molecular flexibility index (Phi) is 5.28. The Hall–Kier alpha value is -2.41. The highest BCUT2D eigenvalue weighted by Crippen LogP contribution is 2.12. The van der Waals surface area contributed by atoms with E-state index in [4.69, 9.17) is 10.5 Å². The van der Waals surface area contributed by atoms with Crippen molar-refractivity contribution < 1.29 is 9.53 Å². The first kappa shape index (κ1) is 15.0. The van der Waals surface area contributed by atoms with Crippen molar-refractivity contribution in [2.24, 2.45) is 5.73 Å². The van der Waals surface area contributed by atoms with E-state index in [0.717, 1.165) is 11.3 Å². The summed E-state index contributed by atoms with van der Waals surface area (Å²) in [5.74, 6) is 0.640. The van der Waals surface area contributed by atoms with Gasteiger partial charge in [-0.15, -0.1) is 5.10 Å². The summed E-state index contributed by atoms with van der Waals surface area (Å²) in [7, 11) is 0. The van der Waals surface area contributed by atoms with Gasteiger partial charge >= 0.3 is 0 Å². The maximum atomic E-state index is 11.1. The fourth-order valence-electron chi connectivity index (χ4n) is 1.80. The second-order valence-electron chi connectivity index (χ2n) is 4.47. The van der Waals surface area contributed by atoms with E-state index >= 15 is 0 Å². The second kappa shape index (κ2) is 7.39. The predicted octanol–water partition coefficient (Wildman–Crippen LogP) is 0.300. The minimum absolute atomic E-state index is 0.0275. The topological polar surface area (TPSA) is 95.1 Å². The fraction of sp³-hybridized carbons (Fsp3) is 0.357. The number of nitrogens with zero attached hydrogens (tertiary/aromatic N) is 3. The van der Waals surface area contributed by atoms with Gasteiger partial charge in [-0.3, -0.25) is 4.79 Å². The molecular formula is C14H19N5O2. The van der Waals surface area contributed by atoms with Gasteiger partial charge in [-0.1, -0.05) is 17.3 Å². The van der Waals surface area contributed by atoms with E-state index in [9.17, 15) is 4.79 Å². The SMILES string of the molecule is CCOc1ccc(Cn2cc(CNC(=O)CN)nn2)cc1. The number of nitrogens with two attached hydrogens (primary N) is 1. The zero-order chi connectivity index (χ0) is 15.1. The lowest BCUT2D eigenvalue weighted by molar-refractivity contribution is -0.119. The van der Waals surface area contributed by atoms with Crippen molar-refractivity contribution in [1.29, 1.82) is 0 Å². The van der Waals surface area contributed by atoms with Gasteiger partial charge < -0.3 is 15.8 Å². The lowest BCUT2D eigenvalue weighted by Gasteiger charge is -2.04. The predicted molar refractivity (Wildman–Crippen MR) is 77.6 cm³/mol. The zero-order valence-corrected chi connectivity index (χ0v) is 12.0. The Labute approximate surface area is 123 Å². The van der Waals surface area contributed by atoms with E-state index in [1.807, 2.05) is 31.2 Å². The zero-order valence-electron chi connectivity index (χ0n) is 12.0. The molecule has 1 heterocycles. The molecule has 7 heteroatoms. The number of rotatable bonds is 7. The first-order valence-corrected chi connectivity index (χ1v) is 6.78. The van der Waals surface area contributed by atoms with Gasteiger partial charge in [-0.2, -0.15) is 0 Å². The van der Waals surface area contributed by atoms with E-state index in [0.29, 0.717) is 25.4 Å². The number of carbonyl (C=O) groups excluding carboxylic acids is 1. The molecule has 3 N–H and O–H groups in total. The number of amides is 1. The summed E-state index contributed by atoms with van der Waals surface area (Å²) >= 11 is 0. The van der Waals surface area contributed by atoms with E-state index in [1.165, 1.54) is 0 Å². The van der Waals surface area contributed by atoms with Crippen LogP contribution in [0.2, 0.25) is 0 Å². The highest BCUT2D eigenvalue weighted by Gasteiger charge is 2.04. The van der Waals surface area contributed by atoms with Gasteiger partial charge in [0.15, 0.2) is 0 Å². The minimum Gasteiger partial charge on any atom is -0.494 e. The number of aromatic nitrogens is 3. The smallest absolute Gasteiger partial charge is 0.234 e. The molecule has 1 aromatic heterocycles. The molecule has 0 fully saturated rings. The Morgan fingerprint density at radius 3 is 2.81 bits per heavy atom. The molecule has 0 spiro atoms. The molecule has 2 rings (SSSR count). The summed E-state index contributed by atoms with van der Waals surface area (Å²) in [4.78, 5) is 11.1. The molecule has 0 atom stereocenters. The van der Waals surface area contributed by atoms with Gasteiger partial charge in [0, 0.05) is 0 Å². The first-order valence-electron chi connectivity index (χ1n) is 6.78. The summed E-state index contributed by atoms with van der Waals surface area (Å²) in [5, 5.41) is 10.7. The summed E-state index contributed by atoms with van der Waals surface area (Å²) in [6.07, 6.45) is 1.80. The molecule has 0 aliphatic heterocycles. The molecule has 0 radical (unpaired) electrons. The monoisotopic (exact) mass is 289 g/mol. The Morgan fingerprint density at radius 2 is 2.14 bits per heavy atom. The minimum atomic E-state index is -0.212. The van der Waals surface area contributed by atoms with Gasteiger partial charge in [0.05, 0.1) is 32.4 Å². The van der Waals surface area contributed by atoms with Crippen molar-refractivity contribution in [3.05, 3.63) is 41.7 Å².